The third-order valence-electron chi connectivity index (χ3n) is 2.52. The molecule has 0 spiro atoms. The molecule has 2 unspecified atom stereocenters. The molecule has 0 aliphatic carbocycles. The van der Waals surface area contributed by atoms with E-state index in [0.29, 0.717) is 11.3 Å². The summed E-state index contributed by atoms with van der Waals surface area (Å²) in [6, 6.07) is 8.19. The number of aliphatic hydroxyl groups excluding tert-OH is 2. The summed E-state index contributed by atoms with van der Waals surface area (Å²) in [6.07, 6.45) is -2.16. The van der Waals surface area contributed by atoms with Crippen LogP contribution in [-0.2, 0) is 4.79 Å². The first-order valence-electron chi connectivity index (χ1n) is 5.77. The van der Waals surface area contributed by atoms with Gasteiger partial charge in [-0.25, -0.2) is 0 Å². The molecule has 19 heavy (non-hydrogen) atoms. The first-order valence-corrected chi connectivity index (χ1v) is 6.30. The Morgan fingerprint density at radius 2 is 2.00 bits per heavy atom. The van der Waals surface area contributed by atoms with Crippen LogP contribution in [0.5, 0.6) is 0 Å². The van der Waals surface area contributed by atoms with E-state index >= 15 is 0 Å². The Bertz CT molecular complexity index is 456. The van der Waals surface area contributed by atoms with Crippen LogP contribution in [0.2, 0.25) is 0 Å². The second-order valence-corrected chi connectivity index (χ2v) is 4.36. The number of halogens is 1. The van der Waals surface area contributed by atoms with Gasteiger partial charge in [0.05, 0.1) is 18.6 Å². The van der Waals surface area contributed by atoms with Gasteiger partial charge in [-0.15, -0.1) is 11.6 Å². The van der Waals surface area contributed by atoms with Crippen molar-refractivity contribution < 1.29 is 15.0 Å². The van der Waals surface area contributed by atoms with Gasteiger partial charge in [-0.3, -0.25) is 4.79 Å². The average molecular weight is 283 g/mol. The number of hydrogen-bond donors (Lipinski definition) is 3. The summed E-state index contributed by atoms with van der Waals surface area (Å²) in [5, 5.41) is 30.4. The molecule has 0 aromatic heterocycles. The van der Waals surface area contributed by atoms with Crippen molar-refractivity contribution in [2.75, 3.05) is 11.2 Å². The lowest BCUT2D eigenvalue weighted by molar-refractivity contribution is -0.115. The third-order valence-corrected chi connectivity index (χ3v) is 2.71. The zero-order valence-corrected chi connectivity index (χ0v) is 11.0. The van der Waals surface area contributed by atoms with Crippen molar-refractivity contribution in [1.29, 1.82) is 5.26 Å². The maximum atomic E-state index is 11.3. The minimum atomic E-state index is -1.12. The quantitative estimate of drug-likeness (QED) is 0.690. The second-order valence-electron chi connectivity index (χ2n) is 3.98. The van der Waals surface area contributed by atoms with Gasteiger partial charge in [-0.1, -0.05) is 12.1 Å². The number of anilines is 1. The number of nitrogens with one attached hydrogen (secondary N) is 1. The van der Waals surface area contributed by atoms with Gasteiger partial charge in [0.15, 0.2) is 0 Å². The lowest BCUT2D eigenvalue weighted by Gasteiger charge is -2.16. The van der Waals surface area contributed by atoms with Crippen LogP contribution in [-0.4, -0.2) is 28.1 Å². The summed E-state index contributed by atoms with van der Waals surface area (Å²) in [7, 11) is 0. The Labute approximate surface area is 116 Å². The minimum absolute atomic E-state index is 0.143. The molecule has 0 bridgehead atoms. The zero-order valence-electron chi connectivity index (χ0n) is 10.2. The summed E-state index contributed by atoms with van der Waals surface area (Å²) in [5.74, 6) is 0.0657. The van der Waals surface area contributed by atoms with E-state index in [1.165, 1.54) is 0 Å². The molecule has 6 heteroatoms. The topological polar surface area (TPSA) is 93.3 Å². The number of hydrogen-bond acceptors (Lipinski definition) is 4. The van der Waals surface area contributed by atoms with E-state index in [0.717, 1.165) is 0 Å². The highest BCUT2D eigenvalue weighted by atomic mass is 35.5. The number of carbonyl (C=O) groups excluding carboxylic acids is 1. The zero-order chi connectivity index (χ0) is 14.3. The molecule has 1 aromatic rings. The molecule has 5 nitrogen and oxygen atoms in total. The van der Waals surface area contributed by atoms with Gasteiger partial charge in [0.2, 0.25) is 5.91 Å². The van der Waals surface area contributed by atoms with Crippen molar-refractivity contribution in [1.82, 2.24) is 0 Å². The van der Waals surface area contributed by atoms with Crippen LogP contribution in [0.15, 0.2) is 24.3 Å². The maximum Gasteiger partial charge on any atom is 0.225 e. The van der Waals surface area contributed by atoms with Gasteiger partial charge in [0.25, 0.3) is 0 Å². The van der Waals surface area contributed by atoms with E-state index < -0.39 is 12.2 Å². The molecule has 102 valence electrons. The Morgan fingerprint density at radius 1 is 1.37 bits per heavy atom. The normalized spacial score (nSPS) is 13.4. The largest absolute Gasteiger partial charge is 0.389 e. The highest BCUT2D eigenvalue weighted by Gasteiger charge is 2.17. The number of aliphatic hydroxyl groups is 2. The average Bonchev–Trinajstić information content (AvgIpc) is 2.39. The standard InChI is InChI=1S/C13H15ClN2O3/c14-7-5-12(18)16-10-3-1-9(2-4-10)13(19)11(17)6-8-15/h1-4,11,13,17,19H,5-7H2,(H,16,18). The molecular formula is C13H15ClN2O3. The minimum Gasteiger partial charge on any atom is -0.389 e. The smallest absolute Gasteiger partial charge is 0.225 e. The van der Waals surface area contributed by atoms with Gasteiger partial charge in [-0.2, -0.15) is 5.26 Å². The van der Waals surface area contributed by atoms with Gasteiger partial charge in [0, 0.05) is 18.0 Å². The second kappa shape index (κ2) is 7.74. The molecule has 0 heterocycles. The molecule has 3 N–H and O–H groups in total. The van der Waals surface area contributed by atoms with E-state index in [1.807, 2.05) is 0 Å². The predicted octanol–water partition coefficient (Wildman–Crippen LogP) is 1.56. The highest BCUT2D eigenvalue weighted by Crippen LogP contribution is 2.20. The Balaban J connectivity index is 2.66. The summed E-state index contributed by atoms with van der Waals surface area (Å²) in [5.41, 5.74) is 1.07. The van der Waals surface area contributed by atoms with E-state index in [-0.39, 0.29) is 24.6 Å². The van der Waals surface area contributed by atoms with Crippen LogP contribution in [0.25, 0.3) is 0 Å². The van der Waals surface area contributed by atoms with E-state index in [4.69, 9.17) is 16.9 Å². The fourth-order valence-corrected chi connectivity index (χ4v) is 1.67. The van der Waals surface area contributed by atoms with E-state index in [2.05, 4.69) is 5.32 Å². The molecule has 1 rings (SSSR count). The first-order chi connectivity index (χ1) is 9.08. The lowest BCUT2D eigenvalue weighted by Crippen LogP contribution is -2.17. The Hall–Kier alpha value is -1.61. The molecule has 1 amide bonds. The molecule has 0 saturated carbocycles. The van der Waals surface area contributed by atoms with E-state index in [9.17, 15) is 15.0 Å². The van der Waals surface area contributed by atoms with Crippen LogP contribution in [0.4, 0.5) is 5.69 Å². The molecule has 0 aliphatic rings. The van der Waals surface area contributed by atoms with Crippen LogP contribution >= 0.6 is 11.6 Å². The van der Waals surface area contributed by atoms with Crippen LogP contribution in [0.3, 0.4) is 0 Å². The SMILES string of the molecule is N#CCC(O)C(O)c1ccc(NC(=O)CCCl)cc1. The van der Waals surface area contributed by atoms with Crippen molar-refractivity contribution in [3.8, 4) is 6.07 Å². The molecule has 2 atom stereocenters. The van der Waals surface area contributed by atoms with Crippen LogP contribution in [0.1, 0.15) is 24.5 Å². The number of nitriles is 1. The van der Waals surface area contributed by atoms with Crippen molar-refractivity contribution in [2.24, 2.45) is 0 Å². The summed E-state index contributed by atoms with van der Waals surface area (Å²) < 4.78 is 0. The van der Waals surface area contributed by atoms with Crippen LogP contribution < -0.4 is 5.32 Å². The monoisotopic (exact) mass is 282 g/mol. The van der Waals surface area contributed by atoms with Crippen molar-refractivity contribution in [2.45, 2.75) is 25.0 Å². The number of carbonyl (C=O) groups is 1. The highest BCUT2D eigenvalue weighted by molar-refractivity contribution is 6.19. The fourth-order valence-electron chi connectivity index (χ4n) is 1.50. The van der Waals surface area contributed by atoms with Gasteiger partial charge < -0.3 is 15.5 Å². The number of amides is 1. The van der Waals surface area contributed by atoms with E-state index in [1.54, 1.807) is 30.3 Å². The van der Waals surface area contributed by atoms with Crippen molar-refractivity contribution >= 4 is 23.2 Å². The molecule has 0 radical (unpaired) electrons. The third kappa shape index (κ3) is 4.87. The van der Waals surface area contributed by atoms with Crippen molar-refractivity contribution in [3.63, 3.8) is 0 Å². The maximum absolute atomic E-state index is 11.3. The molecular weight excluding hydrogens is 268 g/mol. The van der Waals surface area contributed by atoms with Crippen LogP contribution in [0, 0.1) is 11.3 Å². The van der Waals surface area contributed by atoms with Gasteiger partial charge in [-0.05, 0) is 17.7 Å². The summed E-state index contributed by atoms with van der Waals surface area (Å²) in [6.45, 7) is 0. The first kappa shape index (κ1) is 15.4. The number of rotatable bonds is 6. The van der Waals surface area contributed by atoms with Crippen molar-refractivity contribution in [3.05, 3.63) is 29.8 Å². The Kier molecular flexibility index (Phi) is 6.30. The number of alkyl halides is 1. The fraction of sp³-hybridized carbons (Fsp3) is 0.385. The molecule has 0 fully saturated rings. The number of benzene rings is 1. The molecule has 0 saturated heterocycles. The Morgan fingerprint density at radius 3 is 2.53 bits per heavy atom. The molecule has 0 aliphatic heterocycles. The molecule has 1 aromatic carbocycles. The summed E-state index contributed by atoms with van der Waals surface area (Å²) >= 11 is 5.45. The summed E-state index contributed by atoms with van der Waals surface area (Å²) in [4.78, 5) is 11.3. The van der Waals surface area contributed by atoms with Gasteiger partial charge in [0.1, 0.15) is 6.10 Å². The lowest BCUT2D eigenvalue weighted by atomic mass is 10.0. The number of nitrogens with zero attached hydrogens (tertiary/aromatic N) is 1. The van der Waals surface area contributed by atoms with Gasteiger partial charge >= 0.3 is 0 Å². The predicted molar refractivity (Wildman–Crippen MR) is 71.6 cm³/mol.